The fourth-order valence-electron chi connectivity index (χ4n) is 2.14. The normalized spacial score (nSPS) is 12.4. The maximum absolute atomic E-state index is 10.2. The van der Waals surface area contributed by atoms with Crippen LogP contribution >= 0.6 is 0 Å². The zero-order chi connectivity index (χ0) is 14.8. The Labute approximate surface area is 122 Å². The first-order chi connectivity index (χ1) is 9.69. The maximum atomic E-state index is 10.2. The van der Waals surface area contributed by atoms with Gasteiger partial charge in [-0.1, -0.05) is 11.6 Å². The molecule has 1 atom stereocenters. The molecule has 1 rings (SSSR count). The minimum atomic E-state index is -0.538. The minimum absolute atomic E-state index is 0.538. The van der Waals surface area contributed by atoms with E-state index in [-0.39, 0.29) is 0 Å². The highest BCUT2D eigenvalue weighted by Gasteiger charge is 2.12. The van der Waals surface area contributed by atoms with E-state index in [9.17, 15) is 5.11 Å². The molecule has 0 aliphatic carbocycles. The van der Waals surface area contributed by atoms with Gasteiger partial charge in [0.2, 0.25) is 0 Å². The van der Waals surface area contributed by atoms with Gasteiger partial charge in [0.25, 0.3) is 0 Å². The lowest BCUT2D eigenvalue weighted by atomic mass is 10.1. The third-order valence-corrected chi connectivity index (χ3v) is 3.28. The number of aryl methyl sites for hydroxylation is 1. The highest BCUT2D eigenvalue weighted by molar-refractivity contribution is 5.38. The summed E-state index contributed by atoms with van der Waals surface area (Å²) in [5.41, 5.74) is 1.97. The van der Waals surface area contributed by atoms with E-state index in [0.717, 1.165) is 49.3 Å². The number of aliphatic hydroxyl groups excluding tert-OH is 1. The number of aliphatic hydroxyl groups is 1. The molecule has 1 unspecified atom stereocenters. The fraction of sp³-hybridized carbons (Fsp3) is 0.625. The highest BCUT2D eigenvalue weighted by atomic mass is 16.5. The summed E-state index contributed by atoms with van der Waals surface area (Å²) in [7, 11) is 3.36. The second-order valence-electron chi connectivity index (χ2n) is 5.02. The molecule has 0 saturated carbocycles. The van der Waals surface area contributed by atoms with Crippen LogP contribution in [-0.2, 0) is 4.74 Å². The van der Waals surface area contributed by atoms with Gasteiger partial charge in [0.05, 0.1) is 13.2 Å². The molecule has 0 fully saturated rings. The summed E-state index contributed by atoms with van der Waals surface area (Å²) in [5, 5.41) is 13.5. The van der Waals surface area contributed by atoms with E-state index in [4.69, 9.17) is 9.47 Å². The Bertz CT molecular complexity index is 382. The molecule has 0 bridgehead atoms. The van der Waals surface area contributed by atoms with E-state index in [2.05, 4.69) is 5.32 Å². The Morgan fingerprint density at radius 3 is 2.70 bits per heavy atom. The van der Waals surface area contributed by atoms with Crippen molar-refractivity contribution in [2.75, 3.05) is 33.9 Å². The van der Waals surface area contributed by atoms with Crippen LogP contribution in [0.4, 0.5) is 0 Å². The zero-order valence-corrected chi connectivity index (χ0v) is 12.8. The molecule has 20 heavy (non-hydrogen) atoms. The number of benzene rings is 1. The smallest absolute Gasteiger partial charge is 0.124 e. The molecule has 0 aromatic heterocycles. The molecule has 0 spiro atoms. The van der Waals surface area contributed by atoms with Gasteiger partial charge in [0, 0.05) is 25.8 Å². The first-order valence-corrected chi connectivity index (χ1v) is 7.21. The van der Waals surface area contributed by atoms with Gasteiger partial charge in [-0.05, 0) is 44.9 Å². The molecule has 114 valence electrons. The van der Waals surface area contributed by atoms with Gasteiger partial charge in [-0.25, -0.2) is 0 Å². The number of nitrogens with one attached hydrogen (secondary N) is 1. The number of hydrogen-bond donors (Lipinski definition) is 2. The van der Waals surface area contributed by atoms with Crippen molar-refractivity contribution in [1.29, 1.82) is 0 Å². The van der Waals surface area contributed by atoms with E-state index >= 15 is 0 Å². The summed E-state index contributed by atoms with van der Waals surface area (Å²) in [6, 6.07) is 5.86. The Hall–Kier alpha value is -1.10. The van der Waals surface area contributed by atoms with Gasteiger partial charge < -0.3 is 19.9 Å². The van der Waals surface area contributed by atoms with Crippen LogP contribution in [0.1, 0.15) is 36.5 Å². The van der Waals surface area contributed by atoms with Crippen LogP contribution < -0.4 is 10.1 Å². The van der Waals surface area contributed by atoms with Gasteiger partial charge in [0.15, 0.2) is 0 Å². The molecule has 0 aliphatic heterocycles. The highest BCUT2D eigenvalue weighted by Crippen LogP contribution is 2.25. The molecule has 4 heteroatoms. The number of unbranched alkanes of at least 4 members (excludes halogenated alkanes) is 2. The molecule has 1 aromatic carbocycles. The topological polar surface area (TPSA) is 50.7 Å². The summed E-state index contributed by atoms with van der Waals surface area (Å²) in [6.45, 7) is 4.29. The molecule has 0 amide bonds. The standard InChI is InChI=1S/C16H27NO3/c1-13-7-8-16(20-3)14(11-13)15(18)12-17-9-5-4-6-10-19-2/h7-8,11,15,17-18H,4-6,9-10,12H2,1-3H3. The average Bonchev–Trinajstić information content (AvgIpc) is 2.46. The van der Waals surface area contributed by atoms with Crippen molar-refractivity contribution in [2.24, 2.45) is 0 Å². The summed E-state index contributed by atoms with van der Waals surface area (Å²) >= 11 is 0. The second kappa shape index (κ2) is 9.75. The van der Waals surface area contributed by atoms with E-state index in [1.165, 1.54) is 0 Å². The summed E-state index contributed by atoms with van der Waals surface area (Å²) in [6.07, 6.45) is 2.79. The quantitative estimate of drug-likeness (QED) is 0.647. The fourth-order valence-corrected chi connectivity index (χ4v) is 2.14. The molecule has 0 heterocycles. The third-order valence-electron chi connectivity index (χ3n) is 3.28. The van der Waals surface area contributed by atoms with Crippen LogP contribution in [0.3, 0.4) is 0 Å². The van der Waals surface area contributed by atoms with Crippen molar-refractivity contribution in [3.05, 3.63) is 29.3 Å². The Morgan fingerprint density at radius 1 is 1.20 bits per heavy atom. The Kier molecular flexibility index (Phi) is 8.26. The van der Waals surface area contributed by atoms with Gasteiger partial charge in [-0.3, -0.25) is 0 Å². The first kappa shape index (κ1) is 17.0. The molecule has 4 nitrogen and oxygen atoms in total. The lowest BCUT2D eigenvalue weighted by Crippen LogP contribution is -2.23. The third kappa shape index (κ3) is 5.90. The van der Waals surface area contributed by atoms with Gasteiger partial charge in [-0.2, -0.15) is 0 Å². The van der Waals surface area contributed by atoms with Crippen molar-refractivity contribution >= 4 is 0 Å². The number of ether oxygens (including phenoxy) is 2. The molecule has 0 saturated heterocycles. The van der Waals surface area contributed by atoms with Crippen LogP contribution in [0.2, 0.25) is 0 Å². The van der Waals surface area contributed by atoms with Gasteiger partial charge in [-0.15, -0.1) is 0 Å². The van der Waals surface area contributed by atoms with Gasteiger partial charge in [0.1, 0.15) is 5.75 Å². The molecular formula is C16H27NO3. The second-order valence-corrected chi connectivity index (χ2v) is 5.02. The van der Waals surface area contributed by atoms with E-state index in [0.29, 0.717) is 6.54 Å². The van der Waals surface area contributed by atoms with Crippen LogP contribution in [-0.4, -0.2) is 39.0 Å². The summed E-state index contributed by atoms with van der Waals surface area (Å²) in [5.74, 6) is 0.741. The zero-order valence-electron chi connectivity index (χ0n) is 12.8. The van der Waals surface area contributed by atoms with Crippen molar-refractivity contribution in [3.8, 4) is 5.75 Å². The van der Waals surface area contributed by atoms with Crippen molar-refractivity contribution in [1.82, 2.24) is 5.32 Å². The van der Waals surface area contributed by atoms with Crippen LogP contribution in [0.5, 0.6) is 5.75 Å². The minimum Gasteiger partial charge on any atom is -0.496 e. The number of hydrogen-bond acceptors (Lipinski definition) is 4. The molecule has 0 radical (unpaired) electrons. The first-order valence-electron chi connectivity index (χ1n) is 7.21. The van der Waals surface area contributed by atoms with E-state index < -0.39 is 6.10 Å². The Balaban J connectivity index is 2.32. The molecule has 2 N–H and O–H groups in total. The molecule has 0 aliphatic rings. The summed E-state index contributed by atoms with van der Waals surface area (Å²) < 4.78 is 10.3. The maximum Gasteiger partial charge on any atom is 0.124 e. The Morgan fingerprint density at radius 2 is 2.00 bits per heavy atom. The largest absolute Gasteiger partial charge is 0.496 e. The van der Waals surface area contributed by atoms with E-state index in [1.54, 1.807) is 14.2 Å². The van der Waals surface area contributed by atoms with Crippen LogP contribution in [0, 0.1) is 6.92 Å². The van der Waals surface area contributed by atoms with Gasteiger partial charge >= 0.3 is 0 Å². The predicted octanol–water partition coefficient (Wildman–Crippen LogP) is 2.44. The van der Waals surface area contributed by atoms with Crippen LogP contribution in [0.15, 0.2) is 18.2 Å². The van der Waals surface area contributed by atoms with Crippen molar-refractivity contribution in [3.63, 3.8) is 0 Å². The predicted molar refractivity (Wildman–Crippen MR) is 81.3 cm³/mol. The SMILES string of the molecule is COCCCCCNCC(O)c1cc(C)ccc1OC. The summed E-state index contributed by atoms with van der Waals surface area (Å²) in [4.78, 5) is 0. The van der Waals surface area contributed by atoms with Crippen molar-refractivity contribution in [2.45, 2.75) is 32.3 Å². The van der Waals surface area contributed by atoms with Crippen LogP contribution in [0.25, 0.3) is 0 Å². The average molecular weight is 281 g/mol. The van der Waals surface area contributed by atoms with Crippen molar-refractivity contribution < 1.29 is 14.6 Å². The van der Waals surface area contributed by atoms with E-state index in [1.807, 2.05) is 25.1 Å². The molecular weight excluding hydrogens is 254 g/mol. The number of methoxy groups -OCH3 is 2. The lowest BCUT2D eigenvalue weighted by molar-refractivity contribution is 0.169. The monoisotopic (exact) mass is 281 g/mol. The number of rotatable bonds is 10. The molecule has 1 aromatic rings. The lowest BCUT2D eigenvalue weighted by Gasteiger charge is -2.16.